The normalized spacial score (nSPS) is 17.9. The molecule has 1 fully saturated rings. The maximum absolute atomic E-state index is 6.02. The fourth-order valence-electron chi connectivity index (χ4n) is 2.89. The second-order valence-electron chi connectivity index (χ2n) is 5.95. The quantitative estimate of drug-likeness (QED) is 0.681. The lowest BCUT2D eigenvalue weighted by Gasteiger charge is -2.26. The highest BCUT2D eigenvalue weighted by Crippen LogP contribution is 2.28. The summed E-state index contributed by atoms with van der Waals surface area (Å²) in [5, 5.41) is 0. The smallest absolute Gasteiger partial charge is 0.122 e. The molecule has 1 saturated heterocycles. The van der Waals surface area contributed by atoms with Crippen molar-refractivity contribution in [1.29, 1.82) is 0 Å². The Bertz CT molecular complexity index is 385. The van der Waals surface area contributed by atoms with E-state index in [9.17, 15) is 0 Å². The molecule has 0 bridgehead atoms. The van der Waals surface area contributed by atoms with E-state index in [0.717, 1.165) is 25.2 Å². The van der Waals surface area contributed by atoms with Crippen LogP contribution in [0.1, 0.15) is 57.4 Å². The fraction of sp³-hybridized carbons (Fsp3) is 0.667. The van der Waals surface area contributed by atoms with Gasteiger partial charge in [-0.1, -0.05) is 38.5 Å². The molecule has 0 aliphatic carbocycles. The van der Waals surface area contributed by atoms with Crippen molar-refractivity contribution in [2.45, 2.75) is 51.9 Å². The summed E-state index contributed by atoms with van der Waals surface area (Å²) in [5.41, 5.74) is 1.35. The molecular formula is C18H29NO. The van der Waals surface area contributed by atoms with Crippen LogP contribution in [0.15, 0.2) is 24.3 Å². The van der Waals surface area contributed by atoms with Crippen LogP contribution < -0.4 is 4.74 Å². The van der Waals surface area contributed by atoms with E-state index >= 15 is 0 Å². The molecule has 2 nitrogen and oxygen atoms in total. The standard InChI is InChI=1S/C18H29NO/c1-3-16(2)17-10-5-6-11-18(17)20-15-9-14-19-12-7-4-8-13-19/h5-6,10-11,16H,3-4,7-9,12-15H2,1-2H3. The van der Waals surface area contributed by atoms with E-state index < -0.39 is 0 Å². The molecule has 1 atom stereocenters. The summed E-state index contributed by atoms with van der Waals surface area (Å²) >= 11 is 0. The number of likely N-dealkylation sites (tertiary alicyclic amines) is 1. The maximum Gasteiger partial charge on any atom is 0.122 e. The first kappa shape index (κ1) is 15.4. The topological polar surface area (TPSA) is 12.5 Å². The second kappa shape index (κ2) is 8.31. The summed E-state index contributed by atoms with van der Waals surface area (Å²) in [5.74, 6) is 1.66. The molecule has 112 valence electrons. The van der Waals surface area contributed by atoms with Gasteiger partial charge >= 0.3 is 0 Å². The number of hydrogen-bond donors (Lipinski definition) is 0. The molecule has 1 heterocycles. The molecule has 0 amide bonds. The van der Waals surface area contributed by atoms with E-state index in [-0.39, 0.29) is 0 Å². The molecule has 1 aromatic carbocycles. The first-order chi connectivity index (χ1) is 9.81. The van der Waals surface area contributed by atoms with Crippen molar-refractivity contribution < 1.29 is 4.74 Å². The summed E-state index contributed by atoms with van der Waals surface area (Å²) < 4.78 is 6.02. The number of piperidine rings is 1. The lowest BCUT2D eigenvalue weighted by Crippen LogP contribution is -2.31. The van der Waals surface area contributed by atoms with Gasteiger partial charge in [0.05, 0.1) is 6.61 Å². The third-order valence-electron chi connectivity index (χ3n) is 4.39. The van der Waals surface area contributed by atoms with Gasteiger partial charge in [0.1, 0.15) is 5.75 Å². The zero-order valence-electron chi connectivity index (χ0n) is 13.1. The van der Waals surface area contributed by atoms with Gasteiger partial charge in [-0.25, -0.2) is 0 Å². The molecule has 20 heavy (non-hydrogen) atoms. The Labute approximate surface area is 124 Å². The SMILES string of the molecule is CCC(C)c1ccccc1OCCCN1CCCCC1. The van der Waals surface area contributed by atoms with Gasteiger partial charge in [0.25, 0.3) is 0 Å². The Morgan fingerprint density at radius 1 is 1.15 bits per heavy atom. The Morgan fingerprint density at radius 2 is 1.90 bits per heavy atom. The van der Waals surface area contributed by atoms with E-state index in [1.807, 2.05) is 0 Å². The van der Waals surface area contributed by atoms with Crippen LogP contribution in [-0.2, 0) is 0 Å². The zero-order chi connectivity index (χ0) is 14.2. The van der Waals surface area contributed by atoms with Crippen LogP contribution >= 0.6 is 0 Å². The van der Waals surface area contributed by atoms with Crippen molar-refractivity contribution in [1.82, 2.24) is 4.90 Å². The van der Waals surface area contributed by atoms with Crippen LogP contribution in [0.4, 0.5) is 0 Å². The van der Waals surface area contributed by atoms with E-state index in [1.54, 1.807) is 0 Å². The third kappa shape index (κ3) is 4.52. The van der Waals surface area contributed by atoms with Crippen molar-refractivity contribution in [3.05, 3.63) is 29.8 Å². The molecule has 0 radical (unpaired) electrons. The predicted octanol–water partition coefficient (Wildman–Crippen LogP) is 4.45. The van der Waals surface area contributed by atoms with Gasteiger partial charge in [-0.3, -0.25) is 0 Å². The molecular weight excluding hydrogens is 246 g/mol. The Kier molecular flexibility index (Phi) is 6.38. The summed E-state index contributed by atoms with van der Waals surface area (Å²) in [6.45, 7) is 9.09. The van der Waals surface area contributed by atoms with Crippen LogP contribution in [0.5, 0.6) is 5.75 Å². The molecule has 0 aromatic heterocycles. The van der Waals surface area contributed by atoms with E-state index in [4.69, 9.17) is 4.74 Å². The van der Waals surface area contributed by atoms with Gasteiger partial charge in [0, 0.05) is 6.54 Å². The summed E-state index contributed by atoms with van der Waals surface area (Å²) in [6, 6.07) is 8.50. The van der Waals surface area contributed by atoms with Crippen molar-refractivity contribution >= 4 is 0 Å². The van der Waals surface area contributed by atoms with E-state index in [2.05, 4.69) is 43.0 Å². The summed E-state index contributed by atoms with van der Waals surface area (Å²) in [4.78, 5) is 2.58. The van der Waals surface area contributed by atoms with Crippen molar-refractivity contribution in [3.63, 3.8) is 0 Å². The van der Waals surface area contributed by atoms with Crippen LogP contribution in [-0.4, -0.2) is 31.1 Å². The fourth-order valence-corrected chi connectivity index (χ4v) is 2.89. The molecule has 0 saturated carbocycles. The first-order valence-electron chi connectivity index (χ1n) is 8.25. The molecule has 1 aliphatic heterocycles. The van der Waals surface area contributed by atoms with Crippen LogP contribution in [0.25, 0.3) is 0 Å². The van der Waals surface area contributed by atoms with Crippen LogP contribution in [0.3, 0.4) is 0 Å². The van der Waals surface area contributed by atoms with Gasteiger partial charge in [-0.2, -0.15) is 0 Å². The van der Waals surface area contributed by atoms with Gasteiger partial charge in [-0.15, -0.1) is 0 Å². The lowest BCUT2D eigenvalue weighted by molar-refractivity contribution is 0.204. The van der Waals surface area contributed by atoms with E-state index in [0.29, 0.717) is 5.92 Å². The lowest BCUT2D eigenvalue weighted by atomic mass is 9.98. The Hall–Kier alpha value is -1.02. The van der Waals surface area contributed by atoms with Crippen molar-refractivity contribution in [3.8, 4) is 5.75 Å². The second-order valence-corrected chi connectivity index (χ2v) is 5.95. The summed E-state index contributed by atoms with van der Waals surface area (Å²) in [6.07, 6.45) is 6.45. The van der Waals surface area contributed by atoms with Gasteiger partial charge < -0.3 is 9.64 Å². The van der Waals surface area contributed by atoms with Crippen molar-refractivity contribution in [2.75, 3.05) is 26.2 Å². The largest absolute Gasteiger partial charge is 0.493 e. The number of rotatable bonds is 7. The average molecular weight is 275 g/mol. The zero-order valence-corrected chi connectivity index (χ0v) is 13.1. The van der Waals surface area contributed by atoms with Crippen LogP contribution in [0.2, 0.25) is 0 Å². The van der Waals surface area contributed by atoms with Crippen LogP contribution in [0, 0.1) is 0 Å². The minimum Gasteiger partial charge on any atom is -0.493 e. The van der Waals surface area contributed by atoms with Crippen molar-refractivity contribution in [2.24, 2.45) is 0 Å². The summed E-state index contributed by atoms with van der Waals surface area (Å²) in [7, 11) is 0. The monoisotopic (exact) mass is 275 g/mol. The maximum atomic E-state index is 6.02. The molecule has 1 unspecified atom stereocenters. The highest BCUT2D eigenvalue weighted by Gasteiger charge is 2.11. The number of ether oxygens (including phenoxy) is 1. The molecule has 1 aliphatic rings. The minimum absolute atomic E-state index is 0.577. The molecule has 2 heteroatoms. The highest BCUT2D eigenvalue weighted by atomic mass is 16.5. The van der Waals surface area contributed by atoms with Gasteiger partial charge in [-0.05, 0) is 56.3 Å². The number of nitrogens with zero attached hydrogens (tertiary/aromatic N) is 1. The van der Waals surface area contributed by atoms with E-state index in [1.165, 1.54) is 44.5 Å². The molecule has 1 aromatic rings. The molecule has 0 spiro atoms. The molecule has 0 N–H and O–H groups in total. The van der Waals surface area contributed by atoms with Gasteiger partial charge in [0.15, 0.2) is 0 Å². The molecule has 2 rings (SSSR count). The van der Waals surface area contributed by atoms with Gasteiger partial charge in [0.2, 0.25) is 0 Å². The number of benzene rings is 1. The Morgan fingerprint density at radius 3 is 2.65 bits per heavy atom. The average Bonchev–Trinajstić information content (AvgIpc) is 2.52. The predicted molar refractivity (Wildman–Crippen MR) is 85.6 cm³/mol. The highest BCUT2D eigenvalue weighted by molar-refractivity contribution is 5.35. The number of para-hydroxylation sites is 1. The minimum atomic E-state index is 0.577. The Balaban J connectivity index is 1.76. The third-order valence-corrected chi connectivity index (χ3v) is 4.39. The first-order valence-corrected chi connectivity index (χ1v) is 8.25. The number of hydrogen-bond acceptors (Lipinski definition) is 2.